The third kappa shape index (κ3) is 3.26. The fourth-order valence-electron chi connectivity index (χ4n) is 2.59. The van der Waals surface area contributed by atoms with Crippen molar-refractivity contribution in [3.8, 4) is 0 Å². The van der Waals surface area contributed by atoms with Gasteiger partial charge in [-0.15, -0.1) is 0 Å². The molecule has 3 heteroatoms. The van der Waals surface area contributed by atoms with Crippen molar-refractivity contribution in [1.82, 2.24) is 10.2 Å². The molecule has 0 spiro atoms. The fraction of sp³-hybridized carbons (Fsp3) is 0.769. The van der Waals surface area contributed by atoms with Gasteiger partial charge in [-0.1, -0.05) is 18.9 Å². The van der Waals surface area contributed by atoms with Gasteiger partial charge in [0.25, 0.3) is 0 Å². The summed E-state index contributed by atoms with van der Waals surface area (Å²) in [4.78, 5) is 13.7. The number of carbonyl (C=O) groups is 1. The summed E-state index contributed by atoms with van der Waals surface area (Å²) in [6.45, 7) is 1.84. The number of nitrogens with one attached hydrogen (secondary N) is 1. The van der Waals surface area contributed by atoms with E-state index in [0.29, 0.717) is 5.92 Å². The van der Waals surface area contributed by atoms with Crippen LogP contribution in [0.3, 0.4) is 0 Å². The molecule has 2 amide bonds. The minimum absolute atomic E-state index is 0.0777. The summed E-state index contributed by atoms with van der Waals surface area (Å²) < 4.78 is 0. The molecule has 0 atom stereocenters. The number of hydrogen-bond donors (Lipinski definition) is 1. The van der Waals surface area contributed by atoms with Gasteiger partial charge in [0.05, 0.1) is 0 Å². The number of hydrogen-bond acceptors (Lipinski definition) is 1. The van der Waals surface area contributed by atoms with Crippen LogP contribution in [0.5, 0.6) is 0 Å². The van der Waals surface area contributed by atoms with Crippen LogP contribution in [0.15, 0.2) is 12.3 Å². The average molecular weight is 222 g/mol. The van der Waals surface area contributed by atoms with Gasteiger partial charge in [-0.25, -0.2) is 4.79 Å². The third-order valence-corrected chi connectivity index (χ3v) is 3.62. The summed E-state index contributed by atoms with van der Waals surface area (Å²) in [6.07, 6.45) is 12.8. The van der Waals surface area contributed by atoms with Gasteiger partial charge in [-0.3, -0.25) is 0 Å². The highest BCUT2D eigenvalue weighted by Gasteiger charge is 2.15. The molecule has 1 heterocycles. The zero-order valence-electron chi connectivity index (χ0n) is 9.95. The quantitative estimate of drug-likeness (QED) is 0.765. The van der Waals surface area contributed by atoms with E-state index in [0.717, 1.165) is 25.9 Å². The summed E-state index contributed by atoms with van der Waals surface area (Å²) in [7, 11) is 0. The van der Waals surface area contributed by atoms with E-state index < -0.39 is 0 Å². The van der Waals surface area contributed by atoms with Crippen LogP contribution in [0, 0.1) is 5.92 Å². The average Bonchev–Trinajstić information content (AvgIpc) is 2.83. The summed E-state index contributed by atoms with van der Waals surface area (Å²) in [5.74, 6) is 0.696. The number of carbonyl (C=O) groups excluding carboxylic acids is 1. The highest BCUT2D eigenvalue weighted by atomic mass is 16.2. The second-order valence-corrected chi connectivity index (χ2v) is 4.90. The van der Waals surface area contributed by atoms with Crippen molar-refractivity contribution in [2.24, 2.45) is 5.92 Å². The van der Waals surface area contributed by atoms with Crippen LogP contribution >= 0.6 is 0 Å². The molecule has 2 rings (SSSR count). The Labute approximate surface area is 97.9 Å². The maximum absolute atomic E-state index is 11.7. The van der Waals surface area contributed by atoms with Gasteiger partial charge in [0, 0.05) is 19.3 Å². The second-order valence-electron chi connectivity index (χ2n) is 4.90. The first-order valence-electron chi connectivity index (χ1n) is 6.58. The number of allylic oxidation sites excluding steroid dienone is 1. The van der Waals surface area contributed by atoms with E-state index in [-0.39, 0.29) is 6.03 Å². The van der Waals surface area contributed by atoms with E-state index in [1.807, 2.05) is 11.1 Å². The van der Waals surface area contributed by atoms with Crippen LogP contribution in [0.2, 0.25) is 0 Å². The smallest absolute Gasteiger partial charge is 0.321 e. The normalized spacial score (nSPS) is 22.9. The van der Waals surface area contributed by atoms with E-state index in [1.54, 1.807) is 0 Å². The van der Waals surface area contributed by atoms with Crippen molar-refractivity contribution in [1.29, 1.82) is 0 Å². The molecule has 1 saturated heterocycles. The molecule has 3 nitrogen and oxygen atoms in total. The molecule has 2 aliphatic rings. The Kier molecular flexibility index (Phi) is 4.25. The lowest BCUT2D eigenvalue weighted by molar-refractivity contribution is 0.190. The van der Waals surface area contributed by atoms with Gasteiger partial charge in [0.1, 0.15) is 0 Å². The van der Waals surface area contributed by atoms with E-state index in [2.05, 4.69) is 11.4 Å². The lowest BCUT2D eigenvalue weighted by atomic mass is 10.1. The summed E-state index contributed by atoms with van der Waals surface area (Å²) in [5, 5.41) is 2.89. The molecule has 0 radical (unpaired) electrons. The first-order chi connectivity index (χ1) is 7.86. The Bertz CT molecular complexity index is 251. The Morgan fingerprint density at radius 2 is 1.75 bits per heavy atom. The molecule has 1 N–H and O–H groups in total. The number of rotatable bonds is 2. The van der Waals surface area contributed by atoms with E-state index >= 15 is 0 Å². The predicted octanol–water partition coefficient (Wildman–Crippen LogP) is 2.89. The number of urea groups is 1. The topological polar surface area (TPSA) is 32.3 Å². The zero-order valence-corrected chi connectivity index (χ0v) is 9.95. The summed E-state index contributed by atoms with van der Waals surface area (Å²) in [5.41, 5.74) is 0. The first-order valence-corrected chi connectivity index (χ1v) is 6.58. The standard InChI is InChI=1S/C13H22N2O/c16-13(15-10-4-1-5-11-15)14-9-8-12-6-2-3-7-12/h8-9,12H,1-7,10-11H2,(H,14,16)/b9-8+. The molecular weight excluding hydrogens is 200 g/mol. The number of piperidine rings is 1. The summed E-state index contributed by atoms with van der Waals surface area (Å²) >= 11 is 0. The molecule has 0 aromatic rings. The second kappa shape index (κ2) is 5.92. The van der Waals surface area contributed by atoms with Crippen molar-refractivity contribution in [2.75, 3.05) is 13.1 Å². The monoisotopic (exact) mass is 222 g/mol. The van der Waals surface area contributed by atoms with Crippen molar-refractivity contribution < 1.29 is 4.79 Å². The maximum Gasteiger partial charge on any atom is 0.321 e. The molecule has 1 aliphatic heterocycles. The minimum atomic E-state index is 0.0777. The van der Waals surface area contributed by atoms with Crippen LogP contribution < -0.4 is 5.32 Å². The van der Waals surface area contributed by atoms with E-state index in [1.165, 1.54) is 32.1 Å². The molecule has 16 heavy (non-hydrogen) atoms. The highest BCUT2D eigenvalue weighted by Crippen LogP contribution is 2.25. The Morgan fingerprint density at radius 1 is 1.06 bits per heavy atom. The molecule has 0 aromatic heterocycles. The molecule has 0 bridgehead atoms. The Balaban J connectivity index is 1.69. The van der Waals surface area contributed by atoms with Gasteiger partial charge in [-0.2, -0.15) is 0 Å². The minimum Gasteiger partial charge on any atom is -0.325 e. The van der Waals surface area contributed by atoms with E-state index in [4.69, 9.17) is 0 Å². The SMILES string of the molecule is O=C(N/C=C/C1CCCC1)N1CCCCC1. The molecular formula is C13H22N2O. The predicted molar refractivity (Wildman–Crippen MR) is 65.1 cm³/mol. The van der Waals surface area contributed by atoms with Crippen molar-refractivity contribution in [3.63, 3.8) is 0 Å². The summed E-state index contributed by atoms with van der Waals surface area (Å²) in [6, 6.07) is 0.0777. The van der Waals surface area contributed by atoms with Gasteiger partial charge in [0.15, 0.2) is 0 Å². The van der Waals surface area contributed by atoms with Crippen molar-refractivity contribution >= 4 is 6.03 Å². The molecule has 2 fully saturated rings. The fourth-order valence-corrected chi connectivity index (χ4v) is 2.59. The van der Waals surface area contributed by atoms with Gasteiger partial charge in [0.2, 0.25) is 0 Å². The molecule has 0 unspecified atom stereocenters. The van der Waals surface area contributed by atoms with Crippen LogP contribution in [-0.2, 0) is 0 Å². The molecule has 1 saturated carbocycles. The van der Waals surface area contributed by atoms with E-state index in [9.17, 15) is 4.79 Å². The number of likely N-dealkylation sites (tertiary alicyclic amines) is 1. The van der Waals surface area contributed by atoms with Crippen molar-refractivity contribution in [3.05, 3.63) is 12.3 Å². The van der Waals surface area contributed by atoms with Gasteiger partial charge >= 0.3 is 6.03 Å². The Hall–Kier alpha value is -0.990. The number of nitrogens with zero attached hydrogens (tertiary/aromatic N) is 1. The lowest BCUT2D eigenvalue weighted by Crippen LogP contribution is -2.40. The molecule has 1 aliphatic carbocycles. The van der Waals surface area contributed by atoms with Crippen LogP contribution in [0.4, 0.5) is 4.79 Å². The van der Waals surface area contributed by atoms with Crippen LogP contribution in [-0.4, -0.2) is 24.0 Å². The Morgan fingerprint density at radius 3 is 2.44 bits per heavy atom. The van der Waals surface area contributed by atoms with Gasteiger partial charge < -0.3 is 10.2 Å². The molecule has 0 aromatic carbocycles. The zero-order chi connectivity index (χ0) is 11.2. The van der Waals surface area contributed by atoms with Crippen LogP contribution in [0.1, 0.15) is 44.9 Å². The largest absolute Gasteiger partial charge is 0.325 e. The first kappa shape index (κ1) is 11.5. The highest BCUT2D eigenvalue weighted by molar-refractivity contribution is 5.75. The molecule has 90 valence electrons. The third-order valence-electron chi connectivity index (χ3n) is 3.62. The maximum atomic E-state index is 11.7. The number of amides is 2. The van der Waals surface area contributed by atoms with Crippen LogP contribution in [0.25, 0.3) is 0 Å². The lowest BCUT2D eigenvalue weighted by Gasteiger charge is -2.26. The van der Waals surface area contributed by atoms with Gasteiger partial charge in [-0.05, 0) is 38.0 Å². The van der Waals surface area contributed by atoms with Crippen molar-refractivity contribution in [2.45, 2.75) is 44.9 Å².